The van der Waals surface area contributed by atoms with Gasteiger partial charge in [-0.25, -0.2) is 0 Å². The molecule has 0 aliphatic carbocycles. The van der Waals surface area contributed by atoms with Crippen molar-refractivity contribution < 1.29 is 4.74 Å². The fourth-order valence-electron chi connectivity index (χ4n) is 2.54. The van der Waals surface area contributed by atoms with E-state index in [1.807, 2.05) is 13.0 Å². The summed E-state index contributed by atoms with van der Waals surface area (Å²) < 4.78 is 5.75. The maximum absolute atomic E-state index is 5.75. The molecule has 1 aromatic rings. The van der Waals surface area contributed by atoms with E-state index in [9.17, 15) is 0 Å². The lowest BCUT2D eigenvalue weighted by atomic mass is 10.1. The second kappa shape index (κ2) is 6.10. The Morgan fingerprint density at radius 3 is 2.83 bits per heavy atom. The van der Waals surface area contributed by atoms with Gasteiger partial charge in [0.05, 0.1) is 12.3 Å². The molecule has 1 fully saturated rings. The third kappa shape index (κ3) is 2.96. The van der Waals surface area contributed by atoms with E-state index in [2.05, 4.69) is 42.3 Å². The van der Waals surface area contributed by atoms with Gasteiger partial charge in [-0.3, -0.25) is 0 Å². The maximum Gasteiger partial charge on any atom is 0.142 e. The SMILES string of the molecule is CCOc1ccccc1N1CC(C)CNCC1C. The number of anilines is 1. The summed E-state index contributed by atoms with van der Waals surface area (Å²) in [7, 11) is 0. The Morgan fingerprint density at radius 2 is 2.06 bits per heavy atom. The first-order chi connectivity index (χ1) is 8.72. The number of hydrogen-bond donors (Lipinski definition) is 1. The molecule has 0 saturated carbocycles. The number of nitrogens with zero attached hydrogens (tertiary/aromatic N) is 1. The van der Waals surface area contributed by atoms with Crippen LogP contribution in [-0.2, 0) is 0 Å². The Morgan fingerprint density at radius 1 is 1.28 bits per heavy atom. The highest BCUT2D eigenvalue weighted by Gasteiger charge is 2.22. The third-order valence-corrected chi connectivity index (χ3v) is 3.45. The van der Waals surface area contributed by atoms with Crippen molar-refractivity contribution in [2.45, 2.75) is 26.8 Å². The van der Waals surface area contributed by atoms with Crippen LogP contribution in [0.2, 0.25) is 0 Å². The topological polar surface area (TPSA) is 24.5 Å². The molecule has 2 rings (SSSR count). The van der Waals surface area contributed by atoms with Crippen molar-refractivity contribution in [3.63, 3.8) is 0 Å². The average Bonchev–Trinajstić information content (AvgIpc) is 2.52. The van der Waals surface area contributed by atoms with Crippen LogP contribution in [0.3, 0.4) is 0 Å². The van der Waals surface area contributed by atoms with Crippen molar-refractivity contribution in [1.82, 2.24) is 5.32 Å². The van der Waals surface area contributed by atoms with Crippen LogP contribution < -0.4 is 15.0 Å². The van der Waals surface area contributed by atoms with E-state index >= 15 is 0 Å². The van der Waals surface area contributed by atoms with E-state index < -0.39 is 0 Å². The van der Waals surface area contributed by atoms with Gasteiger partial charge in [-0.15, -0.1) is 0 Å². The smallest absolute Gasteiger partial charge is 0.142 e. The number of nitrogens with one attached hydrogen (secondary N) is 1. The second-order valence-corrected chi connectivity index (χ2v) is 5.17. The number of para-hydroxylation sites is 2. The summed E-state index contributed by atoms with van der Waals surface area (Å²) in [6.07, 6.45) is 0. The van der Waals surface area contributed by atoms with E-state index in [-0.39, 0.29) is 0 Å². The summed E-state index contributed by atoms with van der Waals surface area (Å²) in [5, 5.41) is 3.52. The fourth-order valence-corrected chi connectivity index (χ4v) is 2.54. The van der Waals surface area contributed by atoms with E-state index in [4.69, 9.17) is 4.74 Å². The molecule has 0 spiro atoms. The Kier molecular flexibility index (Phi) is 4.48. The number of ether oxygens (including phenoxy) is 1. The molecular weight excluding hydrogens is 224 g/mol. The molecule has 3 heteroatoms. The summed E-state index contributed by atoms with van der Waals surface area (Å²) >= 11 is 0. The molecule has 1 N–H and O–H groups in total. The maximum atomic E-state index is 5.75. The van der Waals surface area contributed by atoms with Crippen LogP contribution >= 0.6 is 0 Å². The first-order valence-electron chi connectivity index (χ1n) is 6.91. The number of rotatable bonds is 3. The highest BCUT2D eigenvalue weighted by Crippen LogP contribution is 2.30. The monoisotopic (exact) mass is 248 g/mol. The summed E-state index contributed by atoms with van der Waals surface area (Å²) in [5.41, 5.74) is 1.22. The minimum atomic E-state index is 0.497. The molecule has 18 heavy (non-hydrogen) atoms. The van der Waals surface area contributed by atoms with Crippen LogP contribution in [0.5, 0.6) is 5.75 Å². The van der Waals surface area contributed by atoms with Crippen LogP contribution in [-0.4, -0.2) is 32.3 Å². The zero-order chi connectivity index (χ0) is 13.0. The van der Waals surface area contributed by atoms with Crippen LogP contribution in [0, 0.1) is 5.92 Å². The molecule has 1 aromatic carbocycles. The van der Waals surface area contributed by atoms with Crippen molar-refractivity contribution in [3.05, 3.63) is 24.3 Å². The predicted octanol–water partition coefficient (Wildman–Crippen LogP) is 2.52. The molecule has 0 amide bonds. The van der Waals surface area contributed by atoms with Gasteiger partial charge in [0.2, 0.25) is 0 Å². The Hall–Kier alpha value is -1.22. The van der Waals surface area contributed by atoms with E-state index in [1.165, 1.54) is 5.69 Å². The zero-order valence-electron chi connectivity index (χ0n) is 11.6. The van der Waals surface area contributed by atoms with Crippen molar-refractivity contribution in [2.24, 2.45) is 5.92 Å². The summed E-state index contributed by atoms with van der Waals surface area (Å²) in [4.78, 5) is 2.47. The highest BCUT2D eigenvalue weighted by atomic mass is 16.5. The molecule has 0 aromatic heterocycles. The zero-order valence-corrected chi connectivity index (χ0v) is 11.6. The van der Waals surface area contributed by atoms with Crippen LogP contribution in [0.25, 0.3) is 0 Å². The van der Waals surface area contributed by atoms with E-state index in [0.717, 1.165) is 25.4 Å². The molecule has 1 aliphatic rings. The minimum Gasteiger partial charge on any atom is -0.492 e. The largest absolute Gasteiger partial charge is 0.492 e. The number of hydrogen-bond acceptors (Lipinski definition) is 3. The average molecular weight is 248 g/mol. The summed E-state index contributed by atoms with van der Waals surface area (Å²) in [6, 6.07) is 8.86. The molecule has 1 heterocycles. The van der Waals surface area contributed by atoms with Gasteiger partial charge >= 0.3 is 0 Å². The molecule has 0 radical (unpaired) electrons. The van der Waals surface area contributed by atoms with E-state index in [0.29, 0.717) is 18.6 Å². The Balaban J connectivity index is 2.27. The molecule has 100 valence electrons. The van der Waals surface area contributed by atoms with Crippen molar-refractivity contribution in [2.75, 3.05) is 31.1 Å². The Bertz CT molecular complexity index is 381. The van der Waals surface area contributed by atoms with Gasteiger partial charge in [0, 0.05) is 19.1 Å². The standard InChI is InChI=1S/C15H24N2O/c1-4-18-15-8-6-5-7-14(15)17-11-12(2)9-16-10-13(17)3/h5-8,12-13,16H,4,9-11H2,1-3H3. The lowest BCUT2D eigenvalue weighted by Gasteiger charge is -2.31. The van der Waals surface area contributed by atoms with Gasteiger partial charge < -0.3 is 15.0 Å². The normalized spacial score (nSPS) is 24.7. The molecule has 1 saturated heterocycles. The molecule has 3 nitrogen and oxygen atoms in total. The van der Waals surface area contributed by atoms with Crippen LogP contribution in [0.4, 0.5) is 5.69 Å². The summed E-state index contributed by atoms with van der Waals surface area (Å²) in [6.45, 7) is 10.5. The lowest BCUT2D eigenvalue weighted by molar-refractivity contribution is 0.339. The predicted molar refractivity (Wildman–Crippen MR) is 76.5 cm³/mol. The lowest BCUT2D eigenvalue weighted by Crippen LogP contribution is -2.38. The third-order valence-electron chi connectivity index (χ3n) is 3.45. The number of benzene rings is 1. The highest BCUT2D eigenvalue weighted by molar-refractivity contribution is 5.59. The molecular formula is C15H24N2O. The quantitative estimate of drug-likeness (QED) is 0.889. The van der Waals surface area contributed by atoms with Crippen LogP contribution in [0.1, 0.15) is 20.8 Å². The van der Waals surface area contributed by atoms with Crippen molar-refractivity contribution in [3.8, 4) is 5.75 Å². The van der Waals surface area contributed by atoms with Gasteiger partial charge in [-0.2, -0.15) is 0 Å². The fraction of sp³-hybridized carbons (Fsp3) is 0.600. The summed E-state index contributed by atoms with van der Waals surface area (Å²) in [5.74, 6) is 1.66. The Labute approximate surface area is 110 Å². The van der Waals surface area contributed by atoms with Gasteiger partial charge in [0.1, 0.15) is 5.75 Å². The first kappa shape index (κ1) is 13.2. The molecule has 2 atom stereocenters. The van der Waals surface area contributed by atoms with Gasteiger partial charge in [-0.1, -0.05) is 19.1 Å². The van der Waals surface area contributed by atoms with Crippen molar-refractivity contribution >= 4 is 5.69 Å². The van der Waals surface area contributed by atoms with Gasteiger partial charge in [0.25, 0.3) is 0 Å². The molecule has 0 bridgehead atoms. The van der Waals surface area contributed by atoms with E-state index in [1.54, 1.807) is 0 Å². The van der Waals surface area contributed by atoms with Gasteiger partial charge in [0.15, 0.2) is 0 Å². The second-order valence-electron chi connectivity index (χ2n) is 5.17. The molecule has 1 aliphatic heterocycles. The van der Waals surface area contributed by atoms with Crippen LogP contribution in [0.15, 0.2) is 24.3 Å². The van der Waals surface area contributed by atoms with Gasteiger partial charge in [-0.05, 0) is 38.4 Å². The van der Waals surface area contributed by atoms with Crippen molar-refractivity contribution in [1.29, 1.82) is 0 Å². The minimum absolute atomic E-state index is 0.497. The first-order valence-corrected chi connectivity index (χ1v) is 6.91. The molecule has 2 unspecified atom stereocenters.